The number of halogens is 1. The summed E-state index contributed by atoms with van der Waals surface area (Å²) in [5, 5.41) is 6.67. The quantitative estimate of drug-likeness (QED) is 0.561. The number of benzene rings is 1. The van der Waals surface area contributed by atoms with Gasteiger partial charge in [-0.3, -0.25) is 4.79 Å². The Morgan fingerprint density at radius 1 is 1.22 bits per heavy atom. The highest BCUT2D eigenvalue weighted by atomic mass is 35.5. The lowest BCUT2D eigenvalue weighted by molar-refractivity contribution is -0.115. The number of ether oxygens (including phenoxy) is 1. The molecule has 32 heavy (non-hydrogen) atoms. The van der Waals surface area contributed by atoms with Crippen molar-refractivity contribution >= 4 is 34.8 Å². The van der Waals surface area contributed by atoms with Gasteiger partial charge in [0.25, 0.3) is 0 Å². The molecule has 0 bridgehead atoms. The molecular weight excluding hydrogens is 428 g/mol. The Morgan fingerprint density at radius 3 is 2.84 bits per heavy atom. The molecule has 2 N–H and O–H groups in total. The summed E-state index contributed by atoms with van der Waals surface area (Å²) >= 11 is 6.13. The van der Waals surface area contributed by atoms with Crippen LogP contribution < -0.4 is 15.4 Å². The van der Waals surface area contributed by atoms with Crippen molar-refractivity contribution in [2.24, 2.45) is 0 Å². The van der Waals surface area contributed by atoms with Crippen LogP contribution in [0.25, 0.3) is 11.3 Å². The molecule has 0 saturated heterocycles. The third-order valence-corrected chi connectivity index (χ3v) is 5.38. The molecule has 0 fully saturated rings. The number of nitrogens with zero attached hydrogens (tertiary/aromatic N) is 4. The molecule has 166 valence electrons. The number of methoxy groups -OCH3 is 1. The summed E-state index contributed by atoms with van der Waals surface area (Å²) in [7, 11) is 5.70. The van der Waals surface area contributed by atoms with Crippen LogP contribution in [-0.2, 0) is 17.6 Å². The van der Waals surface area contributed by atoms with E-state index in [1.807, 2.05) is 18.3 Å². The van der Waals surface area contributed by atoms with Crippen LogP contribution in [0.15, 0.2) is 36.7 Å². The highest BCUT2D eigenvalue weighted by Crippen LogP contribution is 2.35. The second kappa shape index (κ2) is 9.50. The number of aromatic nitrogens is 3. The van der Waals surface area contributed by atoms with Crippen molar-refractivity contribution in [1.82, 2.24) is 19.9 Å². The molecule has 8 nitrogen and oxygen atoms in total. The number of hydrogen-bond acceptors (Lipinski definition) is 7. The van der Waals surface area contributed by atoms with Crippen molar-refractivity contribution in [2.75, 3.05) is 38.4 Å². The topological polar surface area (TPSA) is 92.3 Å². The molecule has 1 amide bonds. The molecule has 1 aliphatic heterocycles. The molecule has 0 saturated carbocycles. The lowest BCUT2D eigenvalue weighted by atomic mass is 10.1. The molecule has 2 aromatic heterocycles. The summed E-state index contributed by atoms with van der Waals surface area (Å²) in [6, 6.07) is 7.37. The van der Waals surface area contributed by atoms with Crippen LogP contribution in [0.4, 0.5) is 17.3 Å². The largest absolute Gasteiger partial charge is 0.480 e. The first-order chi connectivity index (χ1) is 15.4. The van der Waals surface area contributed by atoms with Crippen LogP contribution in [0.2, 0.25) is 5.02 Å². The molecule has 0 aliphatic carbocycles. The van der Waals surface area contributed by atoms with E-state index in [1.165, 1.54) is 0 Å². The van der Waals surface area contributed by atoms with Crippen LogP contribution in [0, 0.1) is 0 Å². The minimum atomic E-state index is -0.132. The summed E-state index contributed by atoms with van der Waals surface area (Å²) in [4.78, 5) is 28.0. The summed E-state index contributed by atoms with van der Waals surface area (Å²) in [6.45, 7) is 0.999. The van der Waals surface area contributed by atoms with Gasteiger partial charge in [-0.05, 0) is 63.3 Å². The number of amides is 1. The maximum Gasteiger partial charge on any atom is 0.237 e. The Hall–Kier alpha value is -3.23. The van der Waals surface area contributed by atoms with Gasteiger partial charge in [0.05, 0.1) is 24.9 Å². The number of carbonyl (C=O) groups excluding carboxylic acids is 1. The minimum absolute atomic E-state index is 0.132. The van der Waals surface area contributed by atoms with Gasteiger partial charge in [-0.15, -0.1) is 0 Å². The second-order valence-electron chi connectivity index (χ2n) is 7.91. The number of aryl methyl sites for hydroxylation is 1. The summed E-state index contributed by atoms with van der Waals surface area (Å²) in [5.41, 5.74) is 4.64. The van der Waals surface area contributed by atoms with Crippen molar-refractivity contribution in [2.45, 2.75) is 19.3 Å². The van der Waals surface area contributed by atoms with E-state index < -0.39 is 0 Å². The number of carbonyl (C=O) groups is 1. The lowest BCUT2D eigenvalue weighted by Crippen LogP contribution is -2.13. The average Bonchev–Trinajstić information content (AvgIpc) is 2.88. The Bertz CT molecular complexity index is 1150. The summed E-state index contributed by atoms with van der Waals surface area (Å²) < 4.78 is 5.42. The van der Waals surface area contributed by atoms with Gasteiger partial charge in [0.2, 0.25) is 17.7 Å². The maximum absolute atomic E-state index is 12.3. The molecule has 4 rings (SSSR count). The van der Waals surface area contributed by atoms with Gasteiger partial charge in [-0.1, -0.05) is 11.6 Å². The number of anilines is 3. The van der Waals surface area contributed by atoms with E-state index in [9.17, 15) is 4.79 Å². The summed E-state index contributed by atoms with van der Waals surface area (Å²) in [6.07, 6.45) is 5.62. The molecule has 0 radical (unpaired) electrons. The minimum Gasteiger partial charge on any atom is -0.480 e. The van der Waals surface area contributed by atoms with Crippen molar-refractivity contribution < 1.29 is 9.53 Å². The van der Waals surface area contributed by atoms with E-state index >= 15 is 0 Å². The smallest absolute Gasteiger partial charge is 0.237 e. The normalized spacial score (nSPS) is 12.6. The first-order valence-corrected chi connectivity index (χ1v) is 10.7. The van der Waals surface area contributed by atoms with Gasteiger partial charge in [-0.25, -0.2) is 15.0 Å². The van der Waals surface area contributed by atoms with E-state index in [2.05, 4.69) is 39.6 Å². The van der Waals surface area contributed by atoms with Crippen LogP contribution in [0.1, 0.15) is 17.5 Å². The molecule has 0 unspecified atom stereocenters. The van der Waals surface area contributed by atoms with Crippen LogP contribution in [0.5, 0.6) is 5.88 Å². The number of hydrogen-bond donors (Lipinski definition) is 2. The monoisotopic (exact) mass is 452 g/mol. The van der Waals surface area contributed by atoms with Crippen molar-refractivity contribution in [3.8, 4) is 17.1 Å². The van der Waals surface area contributed by atoms with E-state index in [0.29, 0.717) is 33.9 Å². The van der Waals surface area contributed by atoms with Crippen molar-refractivity contribution in [3.63, 3.8) is 0 Å². The van der Waals surface area contributed by atoms with Gasteiger partial charge in [0.15, 0.2) is 0 Å². The number of rotatable bonds is 7. The van der Waals surface area contributed by atoms with E-state index in [0.717, 1.165) is 36.1 Å². The van der Waals surface area contributed by atoms with Crippen molar-refractivity contribution in [3.05, 3.63) is 52.8 Å². The van der Waals surface area contributed by atoms with E-state index in [1.54, 1.807) is 25.4 Å². The molecular formula is C23H25ClN6O2. The first-order valence-electron chi connectivity index (χ1n) is 10.3. The number of nitrogens with one attached hydrogen (secondary N) is 2. The van der Waals surface area contributed by atoms with Crippen molar-refractivity contribution in [1.29, 1.82) is 0 Å². The van der Waals surface area contributed by atoms with Gasteiger partial charge in [-0.2, -0.15) is 0 Å². The zero-order valence-electron chi connectivity index (χ0n) is 18.3. The first kappa shape index (κ1) is 22.0. The molecule has 3 heterocycles. The average molecular weight is 453 g/mol. The predicted octanol–water partition coefficient (Wildman–Crippen LogP) is 3.93. The van der Waals surface area contributed by atoms with E-state index in [-0.39, 0.29) is 12.3 Å². The zero-order chi connectivity index (χ0) is 22.7. The zero-order valence-corrected chi connectivity index (χ0v) is 19.0. The summed E-state index contributed by atoms with van der Waals surface area (Å²) in [5.74, 6) is 0.723. The fraction of sp³-hybridized carbons (Fsp3) is 0.304. The SMILES string of the molecule is COc1ncc(CCCN(C)C)cc1Nc1ncc2c(n1)-c1ccc(Cl)cc1NC(=O)C2. The molecule has 9 heteroatoms. The number of fused-ring (bicyclic) bond motifs is 3. The fourth-order valence-corrected chi connectivity index (χ4v) is 3.80. The molecule has 0 atom stereocenters. The van der Waals surface area contributed by atoms with Gasteiger partial charge < -0.3 is 20.3 Å². The molecule has 1 aromatic carbocycles. The fourth-order valence-electron chi connectivity index (χ4n) is 3.63. The molecule has 1 aliphatic rings. The highest BCUT2D eigenvalue weighted by molar-refractivity contribution is 6.31. The third-order valence-electron chi connectivity index (χ3n) is 5.14. The van der Waals surface area contributed by atoms with Crippen LogP contribution >= 0.6 is 11.6 Å². The van der Waals surface area contributed by atoms with Gasteiger partial charge >= 0.3 is 0 Å². The lowest BCUT2D eigenvalue weighted by Gasteiger charge is -2.14. The van der Waals surface area contributed by atoms with Crippen LogP contribution in [-0.4, -0.2) is 53.5 Å². The molecule has 3 aromatic rings. The third kappa shape index (κ3) is 4.98. The number of pyridine rings is 1. The second-order valence-corrected chi connectivity index (χ2v) is 8.35. The molecule has 0 spiro atoms. The highest BCUT2D eigenvalue weighted by Gasteiger charge is 2.21. The van der Waals surface area contributed by atoms with Gasteiger partial charge in [0.1, 0.15) is 5.69 Å². The Labute approximate surface area is 192 Å². The Kier molecular flexibility index (Phi) is 6.53. The Balaban J connectivity index is 1.65. The maximum atomic E-state index is 12.3. The van der Waals surface area contributed by atoms with Gasteiger partial charge in [0, 0.05) is 28.5 Å². The predicted molar refractivity (Wildman–Crippen MR) is 126 cm³/mol. The standard InChI is InChI=1S/C23H25ClN6O2/c1-30(2)8-4-5-14-9-19(22(32-3)25-12-14)28-23-26-13-15-10-20(31)27-18-11-16(24)6-7-17(18)21(15)29-23/h6-7,9,11-13H,4-5,8,10H2,1-3H3,(H,27,31)(H,26,28,29). The van der Waals surface area contributed by atoms with Crippen LogP contribution in [0.3, 0.4) is 0 Å². The van der Waals surface area contributed by atoms with E-state index in [4.69, 9.17) is 21.3 Å². The Morgan fingerprint density at radius 2 is 2.06 bits per heavy atom.